The van der Waals surface area contributed by atoms with E-state index in [2.05, 4.69) is 12.1 Å². The fraction of sp³-hybridized carbons (Fsp3) is 0.650. The normalized spacial score (nSPS) is 36.0. The molecule has 4 rings (SSSR count). The van der Waals surface area contributed by atoms with Crippen LogP contribution < -0.4 is 4.74 Å². The first-order valence-electron chi connectivity index (χ1n) is 9.60. The van der Waals surface area contributed by atoms with E-state index in [0.29, 0.717) is 17.7 Å². The first-order chi connectivity index (χ1) is 13.1. The molecule has 5 nitrogen and oxygen atoms in total. The molecule has 154 valence electrons. The maximum Gasteiger partial charge on any atom is 0.422 e. The average Bonchev–Trinajstić information content (AvgIpc) is 2.93. The number of halogens is 3. The smallest absolute Gasteiger partial charge is 0.422 e. The number of aliphatic hydroxyl groups is 1. The van der Waals surface area contributed by atoms with Gasteiger partial charge in [0.1, 0.15) is 0 Å². The lowest BCUT2D eigenvalue weighted by Crippen LogP contribution is -2.45. The van der Waals surface area contributed by atoms with E-state index in [0.717, 1.165) is 31.2 Å². The van der Waals surface area contributed by atoms with E-state index in [4.69, 9.17) is 4.74 Å². The lowest BCUT2D eigenvalue weighted by Gasteiger charge is -2.50. The van der Waals surface area contributed by atoms with Crippen molar-refractivity contribution < 1.29 is 33.3 Å². The maximum atomic E-state index is 12.5. The minimum absolute atomic E-state index is 0.0673. The highest BCUT2D eigenvalue weighted by atomic mass is 19.4. The first kappa shape index (κ1) is 19.4. The highest BCUT2D eigenvalue weighted by Gasteiger charge is 2.55. The highest BCUT2D eigenvalue weighted by Crippen LogP contribution is 2.61. The van der Waals surface area contributed by atoms with E-state index < -0.39 is 18.5 Å². The second kappa shape index (κ2) is 6.54. The Morgan fingerprint density at radius 1 is 1.25 bits per heavy atom. The van der Waals surface area contributed by atoms with Gasteiger partial charge in [-0.3, -0.25) is 0 Å². The van der Waals surface area contributed by atoms with Crippen LogP contribution in [-0.2, 0) is 0 Å². The zero-order valence-corrected chi connectivity index (χ0v) is 15.5. The quantitative estimate of drug-likeness (QED) is 0.515. The van der Waals surface area contributed by atoms with Crippen LogP contribution in [-0.4, -0.2) is 40.0 Å². The third-order valence-electron chi connectivity index (χ3n) is 7.17. The van der Waals surface area contributed by atoms with Gasteiger partial charge in [-0.25, -0.2) is 0 Å². The van der Waals surface area contributed by atoms with Crippen molar-refractivity contribution in [1.82, 2.24) is 0 Å². The Balaban J connectivity index is 1.72. The number of aromatic hydroxyl groups is 1. The molecule has 0 saturated heterocycles. The molecule has 0 heterocycles. The summed E-state index contributed by atoms with van der Waals surface area (Å²) in [5.41, 5.74) is 1.54. The van der Waals surface area contributed by atoms with Crippen LogP contribution in [0, 0.1) is 17.3 Å². The molecule has 8 heteroatoms. The third-order valence-corrected chi connectivity index (χ3v) is 7.17. The molecule has 5 unspecified atom stereocenters. The fourth-order valence-electron chi connectivity index (χ4n) is 5.77. The van der Waals surface area contributed by atoms with Gasteiger partial charge in [-0.15, -0.1) is 0 Å². The molecule has 0 radical (unpaired) electrons. The summed E-state index contributed by atoms with van der Waals surface area (Å²) < 4.78 is 42.4. The van der Waals surface area contributed by atoms with Gasteiger partial charge >= 0.3 is 6.18 Å². The summed E-state index contributed by atoms with van der Waals surface area (Å²) >= 11 is 0. The van der Waals surface area contributed by atoms with Gasteiger partial charge in [0, 0.05) is 5.56 Å². The summed E-state index contributed by atoms with van der Waals surface area (Å²) in [5.74, 6) is -0.167. The van der Waals surface area contributed by atoms with Crippen molar-refractivity contribution in [3.8, 4) is 11.5 Å². The van der Waals surface area contributed by atoms with Crippen LogP contribution in [0.5, 0.6) is 11.5 Å². The Labute approximate surface area is 160 Å². The molecule has 2 fully saturated rings. The van der Waals surface area contributed by atoms with Gasteiger partial charge in [0.2, 0.25) is 0 Å². The van der Waals surface area contributed by atoms with Crippen LogP contribution >= 0.6 is 0 Å². The number of rotatable bonds is 2. The lowest BCUT2D eigenvalue weighted by molar-refractivity contribution is -0.153. The first-order valence-corrected chi connectivity index (χ1v) is 9.60. The monoisotopic (exact) mass is 399 g/mol. The molecule has 3 aliphatic carbocycles. The molecule has 1 aromatic carbocycles. The second-order valence-electron chi connectivity index (χ2n) is 8.58. The summed E-state index contributed by atoms with van der Waals surface area (Å²) in [7, 11) is 0. The number of benzene rings is 1. The molecule has 0 aliphatic heterocycles. The number of alkyl halides is 3. The Morgan fingerprint density at radius 2 is 2.00 bits per heavy atom. The number of nitrogens with zero attached hydrogens (tertiary/aromatic N) is 1. The maximum absolute atomic E-state index is 12.5. The van der Waals surface area contributed by atoms with Crippen LogP contribution in [0.3, 0.4) is 0 Å². The molecular formula is C20H24F3NO4. The number of phenols is 1. The number of fused-ring (bicyclic) bond motifs is 5. The zero-order chi connectivity index (χ0) is 20.3. The number of hydrogen-bond donors (Lipinski definition) is 3. The van der Waals surface area contributed by atoms with E-state index in [9.17, 15) is 28.6 Å². The fourth-order valence-corrected chi connectivity index (χ4v) is 5.77. The van der Waals surface area contributed by atoms with Crippen molar-refractivity contribution in [2.75, 3.05) is 6.61 Å². The third kappa shape index (κ3) is 3.02. The van der Waals surface area contributed by atoms with Crippen LogP contribution in [0.2, 0.25) is 0 Å². The standard InChI is InChI=1S/C20H24F3NO4/c1-19-5-4-10-11-8-17(28-9-20(21,22)23)16(25)7-13(11)15(24-27)6-12(10)14(19)2-3-18(19)26/h7-8,10,12,14,18,25-27H,2-6,9H2,1H3/b24-15-. The van der Waals surface area contributed by atoms with Crippen molar-refractivity contribution in [3.63, 3.8) is 0 Å². The topological polar surface area (TPSA) is 82.3 Å². The number of ether oxygens (including phenoxy) is 1. The number of aliphatic hydroxyl groups excluding tert-OH is 1. The molecule has 0 aromatic heterocycles. The zero-order valence-electron chi connectivity index (χ0n) is 15.5. The minimum atomic E-state index is -4.50. The second-order valence-corrected chi connectivity index (χ2v) is 8.58. The minimum Gasteiger partial charge on any atom is -0.504 e. The van der Waals surface area contributed by atoms with Crippen molar-refractivity contribution in [1.29, 1.82) is 0 Å². The van der Waals surface area contributed by atoms with Gasteiger partial charge in [0.15, 0.2) is 18.1 Å². The van der Waals surface area contributed by atoms with E-state index in [-0.39, 0.29) is 35.0 Å². The Hall–Kier alpha value is -1.96. The molecule has 1 aromatic rings. The highest BCUT2D eigenvalue weighted by molar-refractivity contribution is 6.03. The predicted molar refractivity (Wildman–Crippen MR) is 94.9 cm³/mol. The lowest BCUT2D eigenvalue weighted by atomic mass is 9.55. The van der Waals surface area contributed by atoms with Crippen LogP contribution in [0.4, 0.5) is 13.2 Å². The molecule has 28 heavy (non-hydrogen) atoms. The Morgan fingerprint density at radius 3 is 2.68 bits per heavy atom. The van der Waals surface area contributed by atoms with Crippen LogP contribution in [0.25, 0.3) is 0 Å². The molecule has 5 atom stereocenters. The molecular weight excluding hydrogens is 375 g/mol. The number of hydrogen-bond acceptors (Lipinski definition) is 5. The van der Waals surface area contributed by atoms with Crippen molar-refractivity contribution in [3.05, 3.63) is 23.3 Å². The summed E-state index contributed by atoms with van der Waals surface area (Å²) in [6.45, 7) is 0.618. The van der Waals surface area contributed by atoms with Gasteiger partial charge in [0.05, 0.1) is 11.8 Å². The van der Waals surface area contributed by atoms with E-state index in [1.165, 1.54) is 12.1 Å². The largest absolute Gasteiger partial charge is 0.504 e. The molecule has 0 amide bonds. The summed E-state index contributed by atoms with van der Waals surface area (Å²) in [4.78, 5) is 0. The predicted octanol–water partition coefficient (Wildman–Crippen LogP) is 4.19. The van der Waals surface area contributed by atoms with Crippen molar-refractivity contribution in [2.24, 2.45) is 22.4 Å². The van der Waals surface area contributed by atoms with Crippen LogP contribution in [0.15, 0.2) is 17.3 Å². The molecule has 0 spiro atoms. The number of phenolic OH excluding ortho intramolecular Hbond substituents is 1. The summed E-state index contributed by atoms with van der Waals surface area (Å²) in [5, 5.41) is 33.6. The van der Waals surface area contributed by atoms with Gasteiger partial charge in [-0.2, -0.15) is 13.2 Å². The SMILES string of the molecule is CC12CCC3c4cc(OCC(F)(F)F)c(O)cc4/C(=N\O)CC3C1CCC2O. The van der Waals surface area contributed by atoms with E-state index in [1.807, 2.05) is 0 Å². The van der Waals surface area contributed by atoms with Crippen molar-refractivity contribution >= 4 is 5.71 Å². The number of oxime groups is 1. The van der Waals surface area contributed by atoms with Gasteiger partial charge in [0.25, 0.3) is 0 Å². The summed E-state index contributed by atoms with van der Waals surface area (Å²) in [6.07, 6.45) is -1.13. The van der Waals surface area contributed by atoms with Gasteiger partial charge < -0.3 is 20.2 Å². The molecule has 0 bridgehead atoms. The van der Waals surface area contributed by atoms with Gasteiger partial charge in [-0.05, 0) is 73.0 Å². The van der Waals surface area contributed by atoms with E-state index >= 15 is 0 Å². The summed E-state index contributed by atoms with van der Waals surface area (Å²) in [6, 6.07) is 2.80. The van der Waals surface area contributed by atoms with Crippen LogP contribution in [0.1, 0.15) is 56.1 Å². The average molecular weight is 399 g/mol. The van der Waals surface area contributed by atoms with Gasteiger partial charge in [-0.1, -0.05) is 12.1 Å². The molecule has 3 N–H and O–H groups in total. The Bertz CT molecular complexity index is 809. The van der Waals surface area contributed by atoms with Crippen molar-refractivity contribution in [2.45, 2.75) is 57.2 Å². The Kier molecular flexibility index (Phi) is 4.52. The van der Waals surface area contributed by atoms with E-state index in [1.54, 1.807) is 0 Å². The molecule has 3 aliphatic rings. The molecule has 2 saturated carbocycles.